The zero-order chi connectivity index (χ0) is 36.4. The molecule has 6 aromatic rings. The predicted octanol–water partition coefficient (Wildman–Crippen LogP) is 9.45. The Morgan fingerprint density at radius 1 is 0.642 bits per heavy atom. The lowest BCUT2D eigenvalue weighted by atomic mass is 9.76. The minimum absolute atomic E-state index is 0.0613. The summed E-state index contributed by atoms with van der Waals surface area (Å²) in [7, 11) is 0. The molecule has 0 bridgehead atoms. The van der Waals surface area contributed by atoms with Crippen molar-refractivity contribution in [3.63, 3.8) is 0 Å². The number of epoxide rings is 2. The summed E-state index contributed by atoms with van der Waals surface area (Å²) in [5.74, 6) is 2.95. The van der Waals surface area contributed by atoms with Gasteiger partial charge in [-0.25, -0.2) is 4.85 Å². The minimum Gasteiger partial charge on any atom is -0.457 e. The summed E-state index contributed by atoms with van der Waals surface area (Å²) in [4.78, 5) is 3.52. The molecule has 0 N–H and O–H groups in total. The fraction of sp³-hybridized carbons (Fsp3) is 0.244. The normalized spacial score (nSPS) is 16.1. The average molecular weight is 703 g/mol. The molecule has 0 amide bonds. The standard InChI is InChI=1S/C45H38N2O6/c1-45(2,36-9-14-43(34(17-36)22-41-25-48-41)52-27-50-39-12-7-30-16-29(24-46)4-5-32(30)20-39)37-10-15-44(35(18-37)23-42-26-49-42)53-28-51-40-13-8-31-19-38(47-3)11-6-33(31)21-40/h4-21,41-42H,22-23,25-28H2,1-2H3. The van der Waals surface area contributed by atoms with Crippen molar-refractivity contribution in [2.24, 2.45) is 0 Å². The van der Waals surface area contributed by atoms with Gasteiger partial charge in [-0.1, -0.05) is 68.4 Å². The number of fused-ring (bicyclic) bond motifs is 2. The van der Waals surface area contributed by atoms with Crippen LogP contribution in [0.15, 0.2) is 109 Å². The van der Waals surface area contributed by atoms with Crippen molar-refractivity contribution in [3.8, 4) is 29.1 Å². The monoisotopic (exact) mass is 702 g/mol. The number of hydrogen-bond acceptors (Lipinski definition) is 7. The lowest BCUT2D eigenvalue weighted by molar-refractivity contribution is 0.118. The Morgan fingerprint density at radius 3 is 1.64 bits per heavy atom. The number of ether oxygens (including phenoxy) is 6. The molecule has 2 aliphatic rings. The van der Waals surface area contributed by atoms with Crippen molar-refractivity contribution in [2.45, 2.75) is 44.3 Å². The van der Waals surface area contributed by atoms with Crippen molar-refractivity contribution in [1.82, 2.24) is 0 Å². The first kappa shape index (κ1) is 34.0. The van der Waals surface area contributed by atoms with Gasteiger partial charge in [-0.05, 0) is 98.4 Å². The van der Waals surface area contributed by atoms with Gasteiger partial charge in [0.25, 0.3) is 0 Å². The summed E-state index contributed by atoms with van der Waals surface area (Å²) in [5.41, 5.74) is 5.41. The van der Waals surface area contributed by atoms with Crippen LogP contribution in [0.3, 0.4) is 0 Å². The lowest BCUT2D eigenvalue weighted by Crippen LogP contribution is -2.20. The fourth-order valence-corrected chi connectivity index (χ4v) is 6.64. The summed E-state index contributed by atoms with van der Waals surface area (Å²) >= 11 is 0. The van der Waals surface area contributed by atoms with E-state index >= 15 is 0 Å². The summed E-state index contributed by atoms with van der Waals surface area (Å²) < 4.78 is 35.6. The topological polar surface area (TPSA) is 90.1 Å². The molecule has 0 radical (unpaired) electrons. The Morgan fingerprint density at radius 2 is 1.13 bits per heavy atom. The number of nitriles is 1. The van der Waals surface area contributed by atoms with Gasteiger partial charge in [-0.15, -0.1) is 0 Å². The highest BCUT2D eigenvalue weighted by atomic mass is 16.7. The maximum absolute atomic E-state index is 9.20. The van der Waals surface area contributed by atoms with Crippen LogP contribution in [0.4, 0.5) is 5.69 Å². The first-order valence-corrected chi connectivity index (χ1v) is 17.7. The zero-order valence-corrected chi connectivity index (χ0v) is 29.6. The molecule has 2 aliphatic heterocycles. The van der Waals surface area contributed by atoms with E-state index in [0.717, 1.165) is 75.8 Å². The first-order chi connectivity index (χ1) is 25.8. The molecular weight excluding hydrogens is 665 g/mol. The Balaban J connectivity index is 0.962. The van der Waals surface area contributed by atoms with Crippen LogP contribution in [0.5, 0.6) is 23.0 Å². The van der Waals surface area contributed by atoms with Gasteiger partial charge >= 0.3 is 0 Å². The number of rotatable bonds is 14. The quantitative estimate of drug-likeness (QED) is 0.0635. The first-order valence-electron chi connectivity index (χ1n) is 17.7. The smallest absolute Gasteiger partial charge is 0.230 e. The van der Waals surface area contributed by atoms with Crippen LogP contribution in [0, 0.1) is 17.9 Å². The van der Waals surface area contributed by atoms with Crippen LogP contribution < -0.4 is 18.9 Å². The van der Waals surface area contributed by atoms with E-state index in [1.165, 1.54) is 5.56 Å². The van der Waals surface area contributed by atoms with Gasteiger partial charge < -0.3 is 28.4 Å². The molecule has 264 valence electrons. The molecule has 0 spiro atoms. The largest absolute Gasteiger partial charge is 0.457 e. The van der Waals surface area contributed by atoms with Gasteiger partial charge in [0.15, 0.2) is 5.69 Å². The van der Waals surface area contributed by atoms with E-state index in [4.69, 9.17) is 35.0 Å². The molecule has 0 aromatic heterocycles. The van der Waals surface area contributed by atoms with Crippen LogP contribution >= 0.6 is 0 Å². The molecular formula is C45H38N2O6. The number of nitrogens with zero attached hydrogens (tertiary/aromatic N) is 2. The van der Waals surface area contributed by atoms with Crippen molar-refractivity contribution in [2.75, 3.05) is 26.8 Å². The molecule has 2 heterocycles. The van der Waals surface area contributed by atoms with Gasteiger partial charge in [-0.2, -0.15) is 5.26 Å². The van der Waals surface area contributed by atoms with Gasteiger partial charge in [0.2, 0.25) is 13.6 Å². The third kappa shape index (κ3) is 7.90. The van der Waals surface area contributed by atoms with E-state index in [-0.39, 0.29) is 31.2 Å². The fourth-order valence-electron chi connectivity index (χ4n) is 6.64. The van der Waals surface area contributed by atoms with Crippen molar-refractivity contribution in [1.29, 1.82) is 5.26 Å². The molecule has 8 heteroatoms. The molecule has 2 unspecified atom stereocenters. The predicted molar refractivity (Wildman–Crippen MR) is 203 cm³/mol. The molecule has 8 rings (SSSR count). The highest BCUT2D eigenvalue weighted by Gasteiger charge is 2.30. The summed E-state index contributed by atoms with van der Waals surface area (Å²) in [5, 5.41) is 13.2. The van der Waals surface area contributed by atoms with E-state index in [2.05, 4.69) is 49.0 Å². The zero-order valence-electron chi connectivity index (χ0n) is 29.6. The second-order valence-electron chi connectivity index (χ2n) is 14.0. The summed E-state index contributed by atoms with van der Waals surface area (Å²) in [6, 6.07) is 37.8. The second kappa shape index (κ2) is 14.5. The van der Waals surface area contributed by atoms with Gasteiger partial charge in [0, 0.05) is 18.3 Å². The van der Waals surface area contributed by atoms with E-state index in [0.29, 0.717) is 22.7 Å². The van der Waals surface area contributed by atoms with Crippen molar-refractivity contribution < 1.29 is 28.4 Å². The molecule has 2 atom stereocenters. The van der Waals surface area contributed by atoms with Crippen molar-refractivity contribution >= 4 is 27.2 Å². The highest BCUT2D eigenvalue weighted by Crippen LogP contribution is 2.38. The van der Waals surface area contributed by atoms with E-state index in [1.807, 2.05) is 78.9 Å². The van der Waals surface area contributed by atoms with E-state index in [1.54, 1.807) is 6.07 Å². The Labute approximate surface area is 308 Å². The maximum Gasteiger partial charge on any atom is 0.230 e. The third-order valence-corrected chi connectivity index (χ3v) is 10.0. The van der Waals surface area contributed by atoms with Gasteiger partial charge in [0.05, 0.1) is 43.6 Å². The number of benzene rings is 6. The van der Waals surface area contributed by atoms with Crippen LogP contribution in [0.1, 0.15) is 41.7 Å². The van der Waals surface area contributed by atoms with Gasteiger partial charge in [0.1, 0.15) is 23.0 Å². The molecule has 2 fully saturated rings. The molecule has 6 aromatic carbocycles. The highest BCUT2D eigenvalue weighted by molar-refractivity contribution is 5.87. The van der Waals surface area contributed by atoms with Crippen LogP contribution in [0.2, 0.25) is 0 Å². The van der Waals surface area contributed by atoms with Gasteiger partial charge in [-0.3, -0.25) is 0 Å². The molecule has 0 saturated carbocycles. The van der Waals surface area contributed by atoms with Crippen molar-refractivity contribution in [3.05, 3.63) is 148 Å². The maximum atomic E-state index is 9.20. The second-order valence-corrected chi connectivity index (χ2v) is 14.0. The summed E-state index contributed by atoms with van der Waals surface area (Å²) in [6.07, 6.45) is 1.89. The molecule has 0 aliphatic carbocycles. The number of hydrogen-bond donors (Lipinski definition) is 0. The molecule has 8 nitrogen and oxygen atoms in total. The van der Waals surface area contributed by atoms with Crippen LogP contribution in [-0.4, -0.2) is 39.0 Å². The van der Waals surface area contributed by atoms with E-state index in [9.17, 15) is 5.26 Å². The minimum atomic E-state index is -0.322. The molecule has 2 saturated heterocycles. The van der Waals surface area contributed by atoms with Crippen LogP contribution in [-0.2, 0) is 27.7 Å². The third-order valence-electron chi connectivity index (χ3n) is 10.0. The SMILES string of the molecule is [C-]#[N+]c1ccc2cc(OCOc3ccc(C(C)(C)c4ccc(OCOc5ccc6cc(C#N)ccc6c5)c(CC5CO5)c4)cc3CC3CO3)ccc2c1. The lowest BCUT2D eigenvalue weighted by Gasteiger charge is -2.28. The van der Waals surface area contributed by atoms with E-state index < -0.39 is 0 Å². The Bertz CT molecular complexity index is 2230. The molecule has 53 heavy (non-hydrogen) atoms. The average Bonchev–Trinajstić information content (AvgIpc) is 4.13. The van der Waals surface area contributed by atoms with Crippen LogP contribution in [0.25, 0.3) is 26.4 Å². The Hall–Kier alpha value is -6.06. The Kier molecular flexibility index (Phi) is 9.33. The summed E-state index contributed by atoms with van der Waals surface area (Å²) in [6.45, 7) is 13.3.